The molecule has 0 amide bonds. The lowest BCUT2D eigenvalue weighted by Gasteiger charge is -2.34. The fourth-order valence-corrected chi connectivity index (χ4v) is 5.07. The van der Waals surface area contributed by atoms with Gasteiger partial charge in [-0.25, -0.2) is 24.3 Å². The Morgan fingerprint density at radius 1 is 0.912 bits per heavy atom. The molecule has 0 atom stereocenters. The summed E-state index contributed by atoms with van der Waals surface area (Å²) in [6, 6.07) is 5.77. The third-order valence-corrected chi connectivity index (χ3v) is 7.08. The van der Waals surface area contributed by atoms with Gasteiger partial charge in [-0.1, -0.05) is 11.6 Å². The van der Waals surface area contributed by atoms with Gasteiger partial charge in [0.2, 0.25) is 5.95 Å². The molecule has 0 radical (unpaired) electrons. The van der Waals surface area contributed by atoms with E-state index in [1.165, 1.54) is 18.5 Å². The number of nitrogens with one attached hydrogen (secondary N) is 3. The maximum atomic E-state index is 13.5. The summed E-state index contributed by atoms with van der Waals surface area (Å²) in [4.78, 5) is 17.7. The number of anilines is 3. The second-order valence-electron chi connectivity index (χ2n) is 9.27. The normalized spacial score (nSPS) is 25.3. The molecule has 1 aromatic carbocycles. The van der Waals surface area contributed by atoms with Gasteiger partial charge in [-0.3, -0.25) is 0 Å². The summed E-state index contributed by atoms with van der Waals surface area (Å²) < 4.78 is 13.5. The third kappa shape index (κ3) is 5.54. The van der Waals surface area contributed by atoms with Gasteiger partial charge in [0.05, 0.1) is 17.3 Å². The summed E-state index contributed by atoms with van der Waals surface area (Å²) >= 11 is 5.90. The van der Waals surface area contributed by atoms with Gasteiger partial charge in [0.25, 0.3) is 0 Å². The molecule has 3 aromatic rings. The molecule has 2 aliphatic carbocycles. The van der Waals surface area contributed by atoms with Gasteiger partial charge in [0.1, 0.15) is 23.2 Å². The number of nitrogens with zero attached hydrogens (tertiary/aromatic N) is 4. The van der Waals surface area contributed by atoms with E-state index in [2.05, 4.69) is 35.9 Å². The largest absolute Gasteiger partial charge is 0.393 e. The monoisotopic (exact) mass is 485 g/mol. The van der Waals surface area contributed by atoms with Crippen LogP contribution in [0.1, 0.15) is 51.4 Å². The molecular weight excluding hydrogens is 457 g/mol. The summed E-state index contributed by atoms with van der Waals surface area (Å²) in [5.74, 6) is 0.569. The summed E-state index contributed by atoms with van der Waals surface area (Å²) in [7, 11) is 0. The van der Waals surface area contributed by atoms with Gasteiger partial charge in [-0.05, 0) is 69.6 Å². The van der Waals surface area contributed by atoms with Crippen LogP contribution in [0.15, 0.2) is 30.7 Å². The van der Waals surface area contributed by atoms with Crippen molar-refractivity contribution in [2.45, 2.75) is 75.6 Å². The Balaban J connectivity index is 1.21. The highest BCUT2D eigenvalue weighted by Crippen LogP contribution is 2.27. The smallest absolute Gasteiger partial charge is 0.223 e. The Kier molecular flexibility index (Phi) is 7.03. The van der Waals surface area contributed by atoms with Crippen molar-refractivity contribution in [3.8, 4) is 0 Å². The van der Waals surface area contributed by atoms with Crippen LogP contribution in [0.4, 0.5) is 21.8 Å². The number of halogens is 2. The van der Waals surface area contributed by atoms with Crippen LogP contribution in [0.3, 0.4) is 0 Å². The molecule has 0 bridgehead atoms. The van der Waals surface area contributed by atoms with Crippen molar-refractivity contribution in [2.24, 2.45) is 0 Å². The average molecular weight is 486 g/mol. The molecule has 0 aliphatic heterocycles. The van der Waals surface area contributed by atoms with Crippen LogP contribution in [0.5, 0.6) is 0 Å². The number of benzene rings is 1. The molecule has 2 aliphatic rings. The quantitative estimate of drug-likeness (QED) is 0.402. The molecular formula is C24H29ClFN7O. The summed E-state index contributed by atoms with van der Waals surface area (Å²) in [5.41, 5.74) is 1.80. The minimum Gasteiger partial charge on any atom is -0.393 e. The van der Waals surface area contributed by atoms with E-state index in [0.717, 1.165) is 51.4 Å². The van der Waals surface area contributed by atoms with Crippen LogP contribution in [0.2, 0.25) is 5.02 Å². The molecule has 2 fully saturated rings. The van der Waals surface area contributed by atoms with Gasteiger partial charge in [0, 0.05) is 23.8 Å². The molecule has 10 heteroatoms. The zero-order valence-electron chi connectivity index (χ0n) is 18.8. The van der Waals surface area contributed by atoms with Crippen LogP contribution in [0, 0.1) is 5.82 Å². The second-order valence-corrected chi connectivity index (χ2v) is 9.68. The molecule has 8 nitrogen and oxygen atoms in total. The van der Waals surface area contributed by atoms with Crippen LogP contribution in [0.25, 0.3) is 11.0 Å². The van der Waals surface area contributed by atoms with Crippen molar-refractivity contribution >= 4 is 40.1 Å². The maximum absolute atomic E-state index is 13.5. The van der Waals surface area contributed by atoms with E-state index < -0.39 is 5.82 Å². The number of aliphatic hydroxyl groups is 1. The average Bonchev–Trinajstić information content (AvgIpc) is 2.84. The number of aliphatic hydroxyl groups excluding tert-OH is 1. The van der Waals surface area contributed by atoms with Gasteiger partial charge < -0.3 is 21.1 Å². The molecule has 5 rings (SSSR count). The van der Waals surface area contributed by atoms with E-state index in [4.69, 9.17) is 11.6 Å². The van der Waals surface area contributed by atoms with E-state index in [1.54, 1.807) is 12.3 Å². The predicted molar refractivity (Wildman–Crippen MR) is 131 cm³/mol. The van der Waals surface area contributed by atoms with Crippen molar-refractivity contribution in [3.63, 3.8) is 0 Å². The summed E-state index contributed by atoms with van der Waals surface area (Å²) in [5, 5.41) is 20.2. The van der Waals surface area contributed by atoms with Gasteiger partial charge in [0.15, 0.2) is 5.82 Å². The molecule has 2 saturated carbocycles. The lowest BCUT2D eigenvalue weighted by molar-refractivity contribution is 0.112. The van der Waals surface area contributed by atoms with Crippen LogP contribution >= 0.6 is 11.6 Å². The summed E-state index contributed by atoms with van der Waals surface area (Å²) in [6.45, 7) is 0. The third-order valence-electron chi connectivity index (χ3n) is 6.79. The Hall–Kier alpha value is -2.62. The number of hydrogen-bond donors (Lipinski definition) is 4. The number of fused-ring (bicyclic) bond motifs is 1. The van der Waals surface area contributed by atoms with Crippen LogP contribution in [-0.4, -0.2) is 49.3 Å². The molecule has 2 heterocycles. The molecule has 180 valence electrons. The SMILES string of the molecule is O[C@H]1CC[C@H](NC2CCC(Nc3ncc4ncnc(Nc5ccc(F)c(Cl)c5)c4n3)CC2)CC1. The maximum Gasteiger partial charge on any atom is 0.223 e. The van der Waals surface area contributed by atoms with E-state index >= 15 is 0 Å². The molecule has 4 N–H and O–H groups in total. The Morgan fingerprint density at radius 2 is 1.62 bits per heavy atom. The Bertz CT molecular complexity index is 1130. The fourth-order valence-electron chi connectivity index (χ4n) is 4.89. The van der Waals surface area contributed by atoms with E-state index in [0.29, 0.717) is 46.6 Å². The minimum atomic E-state index is -0.476. The zero-order chi connectivity index (χ0) is 23.5. The Labute approximate surface area is 202 Å². The van der Waals surface area contributed by atoms with Gasteiger partial charge in [-0.15, -0.1) is 0 Å². The summed E-state index contributed by atoms with van der Waals surface area (Å²) in [6.07, 6.45) is 11.2. The lowest BCUT2D eigenvalue weighted by Crippen LogP contribution is -2.44. The highest BCUT2D eigenvalue weighted by molar-refractivity contribution is 6.31. The number of rotatable bonds is 6. The first-order valence-electron chi connectivity index (χ1n) is 11.9. The van der Waals surface area contributed by atoms with E-state index in [9.17, 15) is 9.50 Å². The molecule has 34 heavy (non-hydrogen) atoms. The Morgan fingerprint density at radius 3 is 2.35 bits per heavy atom. The van der Waals surface area contributed by atoms with Gasteiger partial charge >= 0.3 is 0 Å². The van der Waals surface area contributed by atoms with Crippen molar-refractivity contribution in [3.05, 3.63) is 41.6 Å². The first kappa shape index (κ1) is 23.1. The van der Waals surface area contributed by atoms with Crippen LogP contribution < -0.4 is 16.0 Å². The van der Waals surface area contributed by atoms with Crippen molar-refractivity contribution in [2.75, 3.05) is 10.6 Å². The number of hydrogen-bond acceptors (Lipinski definition) is 8. The van der Waals surface area contributed by atoms with Crippen molar-refractivity contribution < 1.29 is 9.50 Å². The second kappa shape index (κ2) is 10.3. The van der Waals surface area contributed by atoms with Crippen molar-refractivity contribution in [1.82, 2.24) is 25.3 Å². The molecule has 0 unspecified atom stereocenters. The molecule has 2 aromatic heterocycles. The topological polar surface area (TPSA) is 108 Å². The highest BCUT2D eigenvalue weighted by Gasteiger charge is 2.26. The first-order chi connectivity index (χ1) is 16.5. The van der Waals surface area contributed by atoms with Gasteiger partial charge in [-0.2, -0.15) is 0 Å². The van der Waals surface area contributed by atoms with Crippen LogP contribution in [-0.2, 0) is 0 Å². The fraction of sp³-hybridized carbons (Fsp3) is 0.500. The predicted octanol–water partition coefficient (Wildman–Crippen LogP) is 4.57. The molecule has 0 saturated heterocycles. The van der Waals surface area contributed by atoms with Crippen molar-refractivity contribution in [1.29, 1.82) is 0 Å². The number of aromatic nitrogens is 4. The minimum absolute atomic E-state index is 0.0338. The zero-order valence-corrected chi connectivity index (χ0v) is 19.6. The first-order valence-corrected chi connectivity index (χ1v) is 12.3. The van der Waals surface area contributed by atoms with E-state index in [1.807, 2.05) is 0 Å². The lowest BCUT2D eigenvalue weighted by atomic mass is 9.88. The van der Waals surface area contributed by atoms with E-state index in [-0.39, 0.29) is 11.1 Å². The molecule has 0 spiro atoms. The standard InChI is InChI=1S/C24H29ClFN7O/c25-19-11-17(7-10-20(19)26)31-23-22-21(28-13-29-23)12-27-24(33-22)32-16-3-1-14(2-4-16)30-15-5-8-18(34)9-6-15/h7,10-16,18,30,34H,1-6,8-9H2,(H,27,32,33)(H,28,29,31)/t14?,15-,16?,18-. The highest BCUT2D eigenvalue weighted by atomic mass is 35.5.